The molecule has 5 nitrogen and oxygen atoms in total. The highest BCUT2D eigenvalue weighted by Gasteiger charge is 2.26. The van der Waals surface area contributed by atoms with Gasteiger partial charge in [0.15, 0.2) is 0 Å². The van der Waals surface area contributed by atoms with Crippen molar-refractivity contribution in [3.63, 3.8) is 0 Å². The van der Waals surface area contributed by atoms with Gasteiger partial charge in [-0.1, -0.05) is 32.9 Å². The smallest absolute Gasteiger partial charge is 0.241 e. The molecular weight excluding hydrogens is 326 g/mol. The fraction of sp³-hybridized carbons (Fsp3) is 0.619. The van der Waals surface area contributed by atoms with Crippen LogP contribution < -0.4 is 10.6 Å². The van der Waals surface area contributed by atoms with E-state index >= 15 is 0 Å². The van der Waals surface area contributed by atoms with Crippen molar-refractivity contribution >= 4 is 17.5 Å². The van der Waals surface area contributed by atoms with Crippen molar-refractivity contribution in [2.24, 2.45) is 5.92 Å². The highest BCUT2D eigenvalue weighted by Crippen LogP contribution is 2.24. The fourth-order valence-electron chi connectivity index (χ4n) is 3.30. The molecule has 0 radical (unpaired) electrons. The first-order valence-corrected chi connectivity index (χ1v) is 9.56. The first kappa shape index (κ1) is 20.4. The molecule has 1 unspecified atom stereocenters. The van der Waals surface area contributed by atoms with Crippen LogP contribution in [0.2, 0.25) is 0 Å². The van der Waals surface area contributed by atoms with Crippen molar-refractivity contribution in [3.8, 4) is 0 Å². The quantitative estimate of drug-likeness (QED) is 0.849. The van der Waals surface area contributed by atoms with Crippen LogP contribution in [0.25, 0.3) is 0 Å². The summed E-state index contributed by atoms with van der Waals surface area (Å²) < 4.78 is 0. The van der Waals surface area contributed by atoms with Crippen LogP contribution in [-0.2, 0) is 15.0 Å². The van der Waals surface area contributed by atoms with Gasteiger partial charge in [0.1, 0.15) is 0 Å². The van der Waals surface area contributed by atoms with E-state index in [1.54, 1.807) is 6.92 Å². The Balaban J connectivity index is 1.83. The molecule has 144 valence electrons. The average Bonchev–Trinajstić information content (AvgIpc) is 2.59. The predicted octanol–water partition coefficient (Wildman–Crippen LogP) is 3.16. The van der Waals surface area contributed by atoms with E-state index < -0.39 is 0 Å². The van der Waals surface area contributed by atoms with Gasteiger partial charge in [0.25, 0.3) is 0 Å². The number of amides is 2. The summed E-state index contributed by atoms with van der Waals surface area (Å²) >= 11 is 0. The van der Waals surface area contributed by atoms with Gasteiger partial charge in [0.05, 0.1) is 6.04 Å². The van der Waals surface area contributed by atoms with Gasteiger partial charge in [-0.15, -0.1) is 0 Å². The molecule has 0 aliphatic carbocycles. The summed E-state index contributed by atoms with van der Waals surface area (Å²) in [4.78, 5) is 25.8. The molecule has 2 amide bonds. The maximum Gasteiger partial charge on any atom is 0.241 e. The predicted molar refractivity (Wildman–Crippen MR) is 106 cm³/mol. The minimum atomic E-state index is -0.154. The molecule has 2 N–H and O–H groups in total. The molecule has 1 aromatic rings. The number of hydrogen-bond acceptors (Lipinski definition) is 3. The molecule has 0 saturated carbocycles. The summed E-state index contributed by atoms with van der Waals surface area (Å²) in [7, 11) is 0. The minimum absolute atomic E-state index is 0.0256. The molecule has 1 heterocycles. The number of benzene rings is 1. The lowest BCUT2D eigenvalue weighted by Crippen LogP contribution is -2.47. The largest absolute Gasteiger partial charge is 0.356 e. The second-order valence-electron chi connectivity index (χ2n) is 8.41. The molecule has 1 saturated heterocycles. The van der Waals surface area contributed by atoms with E-state index in [2.05, 4.69) is 48.4 Å². The number of nitrogens with one attached hydrogen (secondary N) is 2. The number of likely N-dealkylation sites (tertiary alicyclic amines) is 1. The van der Waals surface area contributed by atoms with Gasteiger partial charge in [-0.2, -0.15) is 0 Å². The topological polar surface area (TPSA) is 61.4 Å². The van der Waals surface area contributed by atoms with Gasteiger partial charge < -0.3 is 10.6 Å². The van der Waals surface area contributed by atoms with E-state index in [1.807, 2.05) is 19.1 Å². The van der Waals surface area contributed by atoms with Crippen molar-refractivity contribution in [1.29, 1.82) is 0 Å². The van der Waals surface area contributed by atoms with Crippen molar-refractivity contribution in [2.45, 2.75) is 58.9 Å². The second-order valence-corrected chi connectivity index (χ2v) is 8.41. The van der Waals surface area contributed by atoms with Gasteiger partial charge in [-0.05, 0) is 61.9 Å². The molecule has 1 aliphatic rings. The van der Waals surface area contributed by atoms with Gasteiger partial charge >= 0.3 is 0 Å². The van der Waals surface area contributed by atoms with Crippen molar-refractivity contribution in [2.75, 3.05) is 25.0 Å². The molecule has 26 heavy (non-hydrogen) atoms. The lowest BCUT2D eigenvalue weighted by molar-refractivity contribution is -0.121. The van der Waals surface area contributed by atoms with Crippen LogP contribution in [0.3, 0.4) is 0 Å². The van der Waals surface area contributed by atoms with E-state index in [9.17, 15) is 9.59 Å². The Hall–Kier alpha value is -1.88. The Morgan fingerprint density at radius 3 is 2.23 bits per heavy atom. The van der Waals surface area contributed by atoms with Gasteiger partial charge in [-0.25, -0.2) is 0 Å². The van der Waals surface area contributed by atoms with E-state index in [4.69, 9.17) is 0 Å². The first-order valence-electron chi connectivity index (χ1n) is 9.56. The summed E-state index contributed by atoms with van der Waals surface area (Å²) in [6, 6.07) is 7.95. The van der Waals surface area contributed by atoms with Crippen LogP contribution in [0.1, 0.15) is 53.0 Å². The summed E-state index contributed by atoms with van der Waals surface area (Å²) in [6.45, 7) is 12.6. The Labute approximate surface area is 157 Å². The highest BCUT2D eigenvalue weighted by molar-refractivity contribution is 5.94. The van der Waals surface area contributed by atoms with Gasteiger partial charge in [-0.3, -0.25) is 14.5 Å². The number of carbonyl (C=O) groups is 2. The number of piperidine rings is 1. The molecule has 2 rings (SSSR count). The van der Waals surface area contributed by atoms with E-state index in [1.165, 1.54) is 5.56 Å². The Kier molecular flexibility index (Phi) is 6.81. The molecular formula is C21H33N3O2. The van der Waals surface area contributed by atoms with Crippen LogP contribution >= 0.6 is 0 Å². The zero-order valence-corrected chi connectivity index (χ0v) is 16.8. The molecule has 0 bridgehead atoms. The standard InChI is InChI=1S/C21H33N3O2/c1-15(24-12-10-17(11-13-24)14-22-16(2)25)20(26)23-19-8-6-18(7-9-19)21(3,4)5/h6-9,15,17H,10-14H2,1-5H3,(H,22,25)(H,23,26). The molecule has 0 spiro atoms. The molecule has 1 fully saturated rings. The lowest BCUT2D eigenvalue weighted by atomic mass is 9.87. The molecule has 1 atom stereocenters. The summed E-state index contributed by atoms with van der Waals surface area (Å²) in [5.74, 6) is 0.571. The minimum Gasteiger partial charge on any atom is -0.356 e. The van der Waals surface area contributed by atoms with E-state index in [0.29, 0.717) is 5.92 Å². The molecule has 5 heteroatoms. The summed E-state index contributed by atoms with van der Waals surface area (Å²) in [5.41, 5.74) is 2.21. The molecule has 1 aliphatic heterocycles. The van der Waals surface area contributed by atoms with Crippen LogP contribution in [0, 0.1) is 5.92 Å². The van der Waals surface area contributed by atoms with E-state index in [0.717, 1.165) is 38.2 Å². The van der Waals surface area contributed by atoms with Crippen molar-refractivity contribution < 1.29 is 9.59 Å². The van der Waals surface area contributed by atoms with Crippen LogP contribution in [0.4, 0.5) is 5.69 Å². The average molecular weight is 360 g/mol. The zero-order valence-electron chi connectivity index (χ0n) is 16.8. The van der Waals surface area contributed by atoms with Crippen molar-refractivity contribution in [3.05, 3.63) is 29.8 Å². The third-order valence-electron chi connectivity index (χ3n) is 5.23. The number of hydrogen-bond donors (Lipinski definition) is 2. The highest BCUT2D eigenvalue weighted by atomic mass is 16.2. The Morgan fingerprint density at radius 2 is 1.73 bits per heavy atom. The summed E-state index contributed by atoms with van der Waals surface area (Å²) in [5, 5.41) is 5.92. The Bertz CT molecular complexity index is 611. The molecule has 1 aromatic carbocycles. The number of carbonyl (C=O) groups excluding carboxylic acids is 2. The first-order chi connectivity index (χ1) is 12.2. The second kappa shape index (κ2) is 8.67. The third-order valence-corrected chi connectivity index (χ3v) is 5.23. The normalized spacial score (nSPS) is 17.6. The molecule has 0 aromatic heterocycles. The van der Waals surface area contributed by atoms with Gasteiger partial charge in [0, 0.05) is 19.2 Å². The summed E-state index contributed by atoms with van der Waals surface area (Å²) in [6.07, 6.45) is 2.02. The van der Waals surface area contributed by atoms with Gasteiger partial charge in [0.2, 0.25) is 11.8 Å². The van der Waals surface area contributed by atoms with Crippen molar-refractivity contribution in [1.82, 2.24) is 10.2 Å². The Morgan fingerprint density at radius 1 is 1.15 bits per heavy atom. The maximum atomic E-state index is 12.6. The zero-order chi connectivity index (χ0) is 19.3. The lowest BCUT2D eigenvalue weighted by Gasteiger charge is -2.35. The maximum absolute atomic E-state index is 12.6. The van der Waals surface area contributed by atoms with Crippen LogP contribution in [0.15, 0.2) is 24.3 Å². The number of nitrogens with zero attached hydrogens (tertiary/aromatic N) is 1. The number of anilines is 1. The SMILES string of the molecule is CC(=O)NCC1CCN(C(C)C(=O)Nc2ccc(C(C)(C)C)cc2)CC1. The van der Waals surface area contributed by atoms with E-state index in [-0.39, 0.29) is 23.3 Å². The fourth-order valence-corrected chi connectivity index (χ4v) is 3.30. The third kappa shape index (κ3) is 5.84. The van der Waals surface area contributed by atoms with Crippen LogP contribution in [0.5, 0.6) is 0 Å². The monoisotopic (exact) mass is 359 g/mol. The van der Waals surface area contributed by atoms with Crippen LogP contribution in [-0.4, -0.2) is 42.4 Å². The number of rotatable bonds is 5.